The Morgan fingerprint density at radius 1 is 1.35 bits per heavy atom. The van der Waals surface area contributed by atoms with Gasteiger partial charge in [-0.15, -0.1) is 28.1 Å². The maximum Gasteiger partial charge on any atom is 0.198 e. The molecule has 0 saturated carbocycles. The van der Waals surface area contributed by atoms with E-state index in [-0.39, 0.29) is 0 Å². The predicted molar refractivity (Wildman–Crippen MR) is 104 cm³/mol. The molecule has 132 valence electrons. The van der Waals surface area contributed by atoms with Gasteiger partial charge in [-0.3, -0.25) is 4.57 Å². The van der Waals surface area contributed by atoms with Crippen molar-refractivity contribution in [3.63, 3.8) is 0 Å². The Hall–Kier alpha value is -2.17. The van der Waals surface area contributed by atoms with E-state index in [9.17, 15) is 0 Å². The highest BCUT2D eigenvalue weighted by molar-refractivity contribution is 8.00. The molecular weight excluding hydrogens is 388 g/mol. The number of furan rings is 1. The summed E-state index contributed by atoms with van der Waals surface area (Å²) >= 11 is 4.63. The molecule has 0 atom stereocenters. The normalized spacial score (nSPS) is 11.3. The molecule has 0 fully saturated rings. The SMILES string of the molecule is C=CCn1c(Sc2ncnc3nc(SC)sc23)nnc1-c1ccoc1C. The van der Waals surface area contributed by atoms with E-state index in [1.54, 1.807) is 29.4 Å². The van der Waals surface area contributed by atoms with Crippen LogP contribution >= 0.6 is 34.9 Å². The molecule has 0 saturated heterocycles. The molecule has 0 aliphatic carbocycles. The van der Waals surface area contributed by atoms with Crippen molar-refractivity contribution in [2.45, 2.75) is 28.0 Å². The fourth-order valence-corrected chi connectivity index (χ4v) is 4.89. The van der Waals surface area contributed by atoms with Crippen molar-refractivity contribution in [3.8, 4) is 11.4 Å². The Morgan fingerprint density at radius 2 is 2.23 bits per heavy atom. The zero-order valence-corrected chi connectivity index (χ0v) is 16.5. The van der Waals surface area contributed by atoms with E-state index < -0.39 is 0 Å². The Labute approximate surface area is 162 Å². The second-order valence-electron chi connectivity index (χ2n) is 5.21. The van der Waals surface area contributed by atoms with Gasteiger partial charge in [0.15, 0.2) is 21.0 Å². The molecule has 4 aromatic heterocycles. The molecular formula is C16H14N6OS3. The fraction of sp³-hybridized carbons (Fsp3) is 0.188. The Kier molecular flexibility index (Phi) is 4.79. The number of aromatic nitrogens is 6. The highest BCUT2D eigenvalue weighted by Gasteiger charge is 2.19. The third-order valence-corrected chi connectivity index (χ3v) is 6.78. The topological polar surface area (TPSA) is 82.5 Å². The molecule has 0 radical (unpaired) electrons. The summed E-state index contributed by atoms with van der Waals surface area (Å²) < 4.78 is 9.33. The summed E-state index contributed by atoms with van der Waals surface area (Å²) in [5, 5.41) is 10.3. The largest absolute Gasteiger partial charge is 0.469 e. The maximum absolute atomic E-state index is 5.41. The van der Waals surface area contributed by atoms with Gasteiger partial charge in [0.05, 0.1) is 11.8 Å². The monoisotopic (exact) mass is 402 g/mol. The Balaban J connectivity index is 1.77. The number of allylic oxidation sites excluding steroid dienone is 1. The summed E-state index contributed by atoms with van der Waals surface area (Å²) in [5.74, 6) is 1.55. The van der Waals surface area contributed by atoms with Crippen LogP contribution in [0.3, 0.4) is 0 Å². The van der Waals surface area contributed by atoms with Gasteiger partial charge in [-0.05, 0) is 31.0 Å². The minimum atomic E-state index is 0.586. The van der Waals surface area contributed by atoms with Gasteiger partial charge in [-0.1, -0.05) is 17.8 Å². The summed E-state index contributed by atoms with van der Waals surface area (Å²) in [7, 11) is 0. The number of hydrogen-bond acceptors (Lipinski definition) is 9. The molecule has 0 spiro atoms. The van der Waals surface area contributed by atoms with Crippen LogP contribution in [0.25, 0.3) is 21.7 Å². The van der Waals surface area contributed by atoms with Crippen molar-refractivity contribution in [1.82, 2.24) is 29.7 Å². The van der Waals surface area contributed by atoms with Crippen molar-refractivity contribution in [3.05, 3.63) is 37.1 Å². The van der Waals surface area contributed by atoms with Crippen LogP contribution < -0.4 is 0 Å². The summed E-state index contributed by atoms with van der Waals surface area (Å²) in [6.45, 7) is 6.34. The van der Waals surface area contributed by atoms with E-state index in [1.807, 2.05) is 29.9 Å². The minimum absolute atomic E-state index is 0.586. The molecule has 4 aromatic rings. The molecule has 7 nitrogen and oxygen atoms in total. The molecule has 0 unspecified atom stereocenters. The first-order valence-electron chi connectivity index (χ1n) is 7.63. The molecule has 0 aliphatic rings. The van der Waals surface area contributed by atoms with Crippen LogP contribution in [-0.2, 0) is 6.54 Å². The quantitative estimate of drug-likeness (QED) is 0.268. The second kappa shape index (κ2) is 7.22. The Bertz CT molecular complexity index is 1080. The zero-order chi connectivity index (χ0) is 18.1. The summed E-state index contributed by atoms with van der Waals surface area (Å²) in [5.41, 5.74) is 1.62. The van der Waals surface area contributed by atoms with Gasteiger partial charge >= 0.3 is 0 Å². The molecule has 4 rings (SSSR count). The van der Waals surface area contributed by atoms with E-state index in [1.165, 1.54) is 18.1 Å². The number of hydrogen-bond donors (Lipinski definition) is 0. The number of aryl methyl sites for hydroxylation is 1. The lowest BCUT2D eigenvalue weighted by atomic mass is 10.2. The van der Waals surface area contributed by atoms with Crippen LogP contribution in [0.1, 0.15) is 5.76 Å². The van der Waals surface area contributed by atoms with Crippen LogP contribution in [0, 0.1) is 6.92 Å². The molecule has 0 aliphatic heterocycles. The minimum Gasteiger partial charge on any atom is -0.469 e. The van der Waals surface area contributed by atoms with Crippen LogP contribution in [0.15, 0.2) is 50.3 Å². The first-order valence-corrected chi connectivity index (χ1v) is 10.5. The number of rotatable bonds is 6. The van der Waals surface area contributed by atoms with Gasteiger partial charge < -0.3 is 4.42 Å². The van der Waals surface area contributed by atoms with Gasteiger partial charge in [-0.25, -0.2) is 15.0 Å². The summed E-state index contributed by atoms with van der Waals surface area (Å²) in [4.78, 5) is 13.2. The third kappa shape index (κ3) is 3.04. The number of thiazole rings is 1. The van der Waals surface area contributed by atoms with Crippen molar-refractivity contribution in [2.24, 2.45) is 0 Å². The van der Waals surface area contributed by atoms with Crippen molar-refractivity contribution < 1.29 is 4.42 Å². The number of fused-ring (bicyclic) bond motifs is 1. The molecule has 0 aromatic carbocycles. The molecule has 10 heteroatoms. The van der Waals surface area contributed by atoms with Crippen LogP contribution in [0.4, 0.5) is 0 Å². The maximum atomic E-state index is 5.41. The van der Waals surface area contributed by atoms with E-state index in [2.05, 4.69) is 31.7 Å². The van der Waals surface area contributed by atoms with E-state index in [4.69, 9.17) is 4.42 Å². The van der Waals surface area contributed by atoms with E-state index in [0.717, 1.165) is 36.4 Å². The average molecular weight is 403 g/mol. The fourth-order valence-electron chi connectivity index (χ4n) is 2.43. The predicted octanol–water partition coefficient (Wildman–Crippen LogP) is 4.31. The van der Waals surface area contributed by atoms with Crippen molar-refractivity contribution in [1.29, 1.82) is 0 Å². The lowest BCUT2D eigenvalue weighted by Gasteiger charge is -2.06. The van der Waals surface area contributed by atoms with Crippen LogP contribution in [0.2, 0.25) is 0 Å². The molecule has 4 heterocycles. The number of nitrogens with zero attached hydrogens (tertiary/aromatic N) is 6. The lowest BCUT2D eigenvalue weighted by Crippen LogP contribution is -2.01. The average Bonchev–Trinajstić information content (AvgIpc) is 3.34. The van der Waals surface area contributed by atoms with E-state index in [0.29, 0.717) is 12.2 Å². The first kappa shape index (κ1) is 17.3. The Morgan fingerprint density at radius 3 is 2.96 bits per heavy atom. The van der Waals surface area contributed by atoms with Gasteiger partial charge in [0.25, 0.3) is 0 Å². The third-order valence-electron chi connectivity index (χ3n) is 3.63. The highest BCUT2D eigenvalue weighted by Crippen LogP contribution is 2.37. The summed E-state index contributed by atoms with van der Waals surface area (Å²) in [6, 6.07) is 1.89. The molecule has 0 bridgehead atoms. The standard InChI is InChI=1S/C16H14N6OS3/c1-4-6-22-13(10-5-7-23-9(10)2)20-21-15(22)26-14-11-12(17-8-18-14)19-16(24-3)25-11/h4-5,7-8H,1,6H2,2-3H3. The molecule has 26 heavy (non-hydrogen) atoms. The first-order chi connectivity index (χ1) is 12.7. The van der Waals surface area contributed by atoms with Gasteiger partial charge in [0.2, 0.25) is 0 Å². The smallest absolute Gasteiger partial charge is 0.198 e. The zero-order valence-electron chi connectivity index (χ0n) is 14.0. The number of thioether (sulfide) groups is 1. The van der Waals surface area contributed by atoms with E-state index >= 15 is 0 Å². The lowest BCUT2D eigenvalue weighted by molar-refractivity contribution is 0.534. The van der Waals surface area contributed by atoms with Gasteiger partial charge in [-0.2, -0.15) is 0 Å². The van der Waals surface area contributed by atoms with Gasteiger partial charge in [0, 0.05) is 6.54 Å². The second-order valence-corrected chi connectivity index (χ2v) is 8.22. The van der Waals surface area contributed by atoms with Crippen LogP contribution in [0.5, 0.6) is 0 Å². The van der Waals surface area contributed by atoms with Crippen LogP contribution in [-0.4, -0.2) is 36.0 Å². The molecule has 0 amide bonds. The summed E-state index contributed by atoms with van der Waals surface area (Å²) in [6.07, 6.45) is 7.00. The van der Waals surface area contributed by atoms with Gasteiger partial charge in [0.1, 0.15) is 21.8 Å². The molecule has 0 N–H and O–H groups in total. The van der Waals surface area contributed by atoms with Crippen molar-refractivity contribution >= 4 is 45.2 Å². The van der Waals surface area contributed by atoms with Crippen molar-refractivity contribution in [2.75, 3.05) is 6.26 Å². The highest BCUT2D eigenvalue weighted by atomic mass is 32.2.